The van der Waals surface area contributed by atoms with Crippen molar-refractivity contribution in [3.8, 4) is 5.75 Å². The Morgan fingerprint density at radius 2 is 1.76 bits per heavy atom. The average molecular weight is 413 g/mol. The third kappa shape index (κ3) is 4.15. The van der Waals surface area contributed by atoms with Crippen molar-refractivity contribution in [3.05, 3.63) is 65.2 Å². The predicted molar refractivity (Wildman–Crippen MR) is 116 cm³/mol. The summed E-state index contributed by atoms with van der Waals surface area (Å²) in [5.41, 5.74) is 1.58. The van der Waals surface area contributed by atoms with Crippen LogP contribution >= 0.6 is 11.6 Å². The zero-order chi connectivity index (χ0) is 20.4. The Kier molecular flexibility index (Phi) is 5.84. The van der Waals surface area contributed by atoms with Crippen LogP contribution in [0.25, 0.3) is 0 Å². The van der Waals surface area contributed by atoms with Gasteiger partial charge in [-0.3, -0.25) is 9.69 Å². The number of piperidine rings is 1. The Labute approximate surface area is 178 Å². The molecule has 1 unspecified atom stereocenters. The van der Waals surface area contributed by atoms with Crippen LogP contribution in [0.4, 0.5) is 0 Å². The summed E-state index contributed by atoms with van der Waals surface area (Å²) in [5.74, 6) is 0.815. The highest BCUT2D eigenvalue weighted by molar-refractivity contribution is 6.30. The molecule has 1 atom stereocenters. The van der Waals surface area contributed by atoms with Crippen molar-refractivity contribution in [2.75, 3.05) is 26.2 Å². The molecule has 2 aromatic rings. The zero-order valence-electron chi connectivity index (χ0n) is 17.2. The van der Waals surface area contributed by atoms with E-state index in [9.17, 15) is 4.79 Å². The Morgan fingerprint density at radius 3 is 2.38 bits per heavy atom. The van der Waals surface area contributed by atoms with E-state index in [0.717, 1.165) is 43.2 Å². The molecule has 2 aliphatic rings. The second kappa shape index (κ2) is 8.37. The molecule has 2 saturated heterocycles. The molecule has 0 N–H and O–H groups in total. The lowest BCUT2D eigenvalue weighted by atomic mass is 9.62. The summed E-state index contributed by atoms with van der Waals surface area (Å²) in [5, 5.41) is 0.775. The molecule has 0 aliphatic carbocycles. The zero-order valence-corrected chi connectivity index (χ0v) is 17.9. The van der Waals surface area contributed by atoms with E-state index >= 15 is 0 Å². The first-order valence-corrected chi connectivity index (χ1v) is 10.8. The lowest BCUT2D eigenvalue weighted by Gasteiger charge is -2.62. The Bertz CT molecular complexity index is 830. The van der Waals surface area contributed by atoms with E-state index in [1.165, 1.54) is 5.56 Å². The monoisotopic (exact) mass is 412 g/mol. The van der Waals surface area contributed by atoms with Gasteiger partial charge in [0.2, 0.25) is 0 Å². The molecule has 1 amide bonds. The summed E-state index contributed by atoms with van der Waals surface area (Å²) in [4.78, 5) is 17.2. The Hall–Kier alpha value is -2.04. The number of likely N-dealkylation sites (tertiary alicyclic amines) is 2. The lowest BCUT2D eigenvalue weighted by Crippen LogP contribution is -2.64. The minimum atomic E-state index is 0.0757. The van der Waals surface area contributed by atoms with Gasteiger partial charge in [-0.25, -0.2) is 0 Å². The highest BCUT2D eigenvalue weighted by Crippen LogP contribution is 2.55. The summed E-state index contributed by atoms with van der Waals surface area (Å²) in [6.45, 7) is 7.32. The van der Waals surface area contributed by atoms with Crippen LogP contribution in [0.15, 0.2) is 54.6 Å². The minimum absolute atomic E-state index is 0.0757. The van der Waals surface area contributed by atoms with Gasteiger partial charge < -0.3 is 9.64 Å². The number of halogens is 1. The third-order valence-electron chi connectivity index (χ3n) is 6.48. The molecule has 0 bridgehead atoms. The molecule has 1 spiro atoms. The maximum Gasteiger partial charge on any atom is 0.260 e. The number of carbonyl (C=O) groups is 1. The van der Waals surface area contributed by atoms with Crippen LogP contribution in [-0.4, -0.2) is 48.0 Å². The molecule has 29 heavy (non-hydrogen) atoms. The summed E-state index contributed by atoms with van der Waals surface area (Å²) in [7, 11) is 0. The van der Waals surface area contributed by atoms with Gasteiger partial charge in [-0.2, -0.15) is 0 Å². The molecule has 4 nitrogen and oxygen atoms in total. The number of ether oxygens (including phenoxy) is 1. The van der Waals surface area contributed by atoms with Gasteiger partial charge in [0.1, 0.15) is 5.75 Å². The molecule has 2 aromatic carbocycles. The molecule has 0 radical (unpaired) electrons. The minimum Gasteiger partial charge on any atom is -0.484 e. The molecule has 2 aliphatic heterocycles. The first kappa shape index (κ1) is 20.2. The number of nitrogens with zero attached hydrogens (tertiary/aromatic N) is 2. The van der Waals surface area contributed by atoms with Gasteiger partial charge in [-0.1, -0.05) is 41.9 Å². The van der Waals surface area contributed by atoms with Crippen molar-refractivity contribution in [2.24, 2.45) is 5.41 Å². The van der Waals surface area contributed by atoms with E-state index < -0.39 is 0 Å². The molecular formula is C24H29ClN2O2. The number of rotatable bonds is 5. The van der Waals surface area contributed by atoms with Gasteiger partial charge in [0.05, 0.1) is 0 Å². The Balaban J connectivity index is 1.39. The summed E-state index contributed by atoms with van der Waals surface area (Å²) >= 11 is 6.11. The van der Waals surface area contributed by atoms with Crippen molar-refractivity contribution in [1.29, 1.82) is 0 Å². The van der Waals surface area contributed by atoms with E-state index in [1.54, 1.807) is 0 Å². The summed E-state index contributed by atoms with van der Waals surface area (Å²) < 4.78 is 5.65. The van der Waals surface area contributed by atoms with Gasteiger partial charge in [0, 0.05) is 42.2 Å². The van der Waals surface area contributed by atoms with Crippen LogP contribution in [0.5, 0.6) is 5.75 Å². The van der Waals surface area contributed by atoms with E-state index in [1.807, 2.05) is 47.4 Å². The van der Waals surface area contributed by atoms with Crippen LogP contribution in [0.2, 0.25) is 5.02 Å². The third-order valence-corrected chi connectivity index (χ3v) is 6.73. The number of hydrogen-bond donors (Lipinski definition) is 0. The topological polar surface area (TPSA) is 32.8 Å². The van der Waals surface area contributed by atoms with Crippen molar-refractivity contribution >= 4 is 17.5 Å². The van der Waals surface area contributed by atoms with Gasteiger partial charge >= 0.3 is 0 Å². The van der Waals surface area contributed by atoms with Gasteiger partial charge in [-0.15, -0.1) is 0 Å². The quantitative estimate of drug-likeness (QED) is 0.707. The van der Waals surface area contributed by atoms with Crippen LogP contribution in [0.1, 0.15) is 38.3 Å². The van der Waals surface area contributed by atoms with Crippen LogP contribution in [-0.2, 0) is 4.79 Å². The van der Waals surface area contributed by atoms with Crippen molar-refractivity contribution in [2.45, 2.75) is 38.8 Å². The fraction of sp³-hybridized carbons (Fsp3) is 0.458. The second-order valence-electron chi connectivity index (χ2n) is 8.57. The van der Waals surface area contributed by atoms with Crippen molar-refractivity contribution < 1.29 is 9.53 Å². The smallest absolute Gasteiger partial charge is 0.260 e. The second-order valence-corrected chi connectivity index (χ2v) is 9.00. The fourth-order valence-corrected chi connectivity index (χ4v) is 4.96. The highest BCUT2D eigenvalue weighted by atomic mass is 35.5. The summed E-state index contributed by atoms with van der Waals surface area (Å²) in [6.07, 6.45) is 2.06. The van der Waals surface area contributed by atoms with E-state index in [2.05, 4.69) is 30.9 Å². The number of benzene rings is 2. The molecule has 0 aromatic heterocycles. The van der Waals surface area contributed by atoms with Crippen molar-refractivity contribution in [1.82, 2.24) is 9.80 Å². The van der Waals surface area contributed by atoms with Crippen molar-refractivity contribution in [3.63, 3.8) is 0 Å². The molecule has 5 heteroatoms. The average Bonchev–Trinajstić information content (AvgIpc) is 2.73. The first-order chi connectivity index (χ1) is 14.0. The van der Waals surface area contributed by atoms with Gasteiger partial charge in [0.15, 0.2) is 6.61 Å². The standard InChI is InChI=1S/C24H29ClN2O2/c1-18(2)27-17-24(23(27)19-8-10-20(25)11-9-19)12-14-26(15-13-24)22(28)16-29-21-6-4-3-5-7-21/h3-11,18,23H,12-17H2,1-2H3. The van der Waals surface area contributed by atoms with E-state index in [0.29, 0.717) is 12.1 Å². The molecule has 154 valence electrons. The Morgan fingerprint density at radius 1 is 1.10 bits per heavy atom. The number of carbonyl (C=O) groups excluding carboxylic acids is 1. The largest absolute Gasteiger partial charge is 0.484 e. The van der Waals surface area contributed by atoms with Crippen LogP contribution < -0.4 is 4.74 Å². The molecule has 2 heterocycles. The fourth-order valence-electron chi connectivity index (χ4n) is 4.84. The van der Waals surface area contributed by atoms with Crippen LogP contribution in [0, 0.1) is 5.41 Å². The molecular weight excluding hydrogens is 384 g/mol. The number of hydrogen-bond acceptors (Lipinski definition) is 3. The first-order valence-electron chi connectivity index (χ1n) is 10.5. The maximum atomic E-state index is 12.6. The molecule has 4 rings (SSSR count). The van der Waals surface area contributed by atoms with Crippen LogP contribution in [0.3, 0.4) is 0 Å². The normalized spacial score (nSPS) is 21.2. The number of amides is 1. The highest BCUT2D eigenvalue weighted by Gasteiger charge is 2.54. The van der Waals surface area contributed by atoms with E-state index in [-0.39, 0.29) is 17.9 Å². The maximum absolute atomic E-state index is 12.6. The van der Waals surface area contributed by atoms with E-state index in [4.69, 9.17) is 16.3 Å². The van der Waals surface area contributed by atoms with Gasteiger partial charge in [0.25, 0.3) is 5.91 Å². The van der Waals surface area contributed by atoms with Gasteiger partial charge in [-0.05, 0) is 56.5 Å². The number of para-hydroxylation sites is 1. The SMILES string of the molecule is CC(C)N1CC2(CCN(C(=O)COc3ccccc3)CC2)C1c1ccc(Cl)cc1. The lowest BCUT2D eigenvalue weighted by molar-refractivity contribution is -0.149. The predicted octanol–water partition coefficient (Wildman–Crippen LogP) is 4.79. The molecule has 0 saturated carbocycles. The molecule has 2 fully saturated rings. The summed E-state index contributed by atoms with van der Waals surface area (Å²) in [6, 6.07) is 18.7.